The molecule has 0 aromatic heterocycles. The van der Waals surface area contributed by atoms with Crippen LogP contribution in [0.25, 0.3) is 0 Å². The second kappa shape index (κ2) is 27.5. The number of nitrogens with one attached hydrogen (secondary N) is 2. The Labute approximate surface area is 275 Å². The summed E-state index contributed by atoms with van der Waals surface area (Å²) in [7, 11) is -2.79. The first-order chi connectivity index (χ1) is 22.0. The van der Waals surface area contributed by atoms with E-state index in [-0.39, 0.29) is 58.4 Å². The zero-order valence-electron chi connectivity index (χ0n) is 28.7. The van der Waals surface area contributed by atoms with Gasteiger partial charge in [0, 0.05) is 19.9 Å². The summed E-state index contributed by atoms with van der Waals surface area (Å²) in [4.78, 5) is 36.4. The Morgan fingerprint density at radius 3 is 1.41 bits per heavy atom. The first-order valence-electron chi connectivity index (χ1n) is 16.8. The number of aliphatic carboxylic acids is 1. The summed E-state index contributed by atoms with van der Waals surface area (Å²) in [5.41, 5.74) is 0. The first-order valence-corrected chi connectivity index (χ1v) is 18.3. The Morgan fingerprint density at radius 1 is 0.674 bits per heavy atom. The van der Waals surface area contributed by atoms with E-state index in [1.807, 2.05) is 0 Å². The van der Waals surface area contributed by atoms with Gasteiger partial charge in [0.1, 0.15) is 6.04 Å². The minimum absolute atomic E-state index is 0.0597. The van der Waals surface area contributed by atoms with E-state index in [4.69, 9.17) is 33.4 Å². The van der Waals surface area contributed by atoms with Crippen molar-refractivity contribution in [3.05, 3.63) is 0 Å². The Kier molecular flexibility index (Phi) is 26.0. The van der Waals surface area contributed by atoms with E-state index >= 15 is 0 Å². The molecule has 0 saturated heterocycles. The van der Waals surface area contributed by atoms with E-state index in [2.05, 4.69) is 18.9 Å². The van der Waals surface area contributed by atoms with E-state index in [0.29, 0.717) is 0 Å². The van der Waals surface area contributed by atoms with Crippen molar-refractivity contribution in [2.45, 2.75) is 124 Å². The van der Waals surface area contributed by atoms with Crippen molar-refractivity contribution in [3.8, 4) is 0 Å². The smallest absolute Gasteiger partial charge is 0.480 e. The summed E-state index contributed by atoms with van der Waals surface area (Å²) in [6.07, 6.45) is 11.4. The molecule has 0 aliphatic rings. The summed E-state index contributed by atoms with van der Waals surface area (Å²) in [6.45, 7) is 7.77. The van der Waals surface area contributed by atoms with Crippen LogP contribution in [0.1, 0.15) is 118 Å². The molecule has 1 unspecified atom stereocenters. The molecular formula is C31H60N3O11P. The maximum absolute atomic E-state index is 13.5. The number of guanidine groups is 1. The number of carbonyl (C=O) groups is 3. The molecule has 0 saturated carbocycles. The molecule has 0 amide bonds. The molecule has 0 aliphatic heterocycles. The van der Waals surface area contributed by atoms with E-state index in [1.165, 1.54) is 45.6 Å². The fraction of sp³-hybridized carbons (Fsp3) is 0.871. The standard InChI is InChI=1S/C31H60N3O11P/c1-6-8-10-12-14-16-20-40-30(37)42-22-18-24-44-46(39,33-29(32)34(5)27(26(3)4)28(35)36)45-25-19-23-43-31(38)41-21-17-15-13-11-9-7-2/h26-27H,6-25H2,1-5H3,(H,35,36)(H2,32,33,39). The van der Waals surface area contributed by atoms with Gasteiger partial charge < -0.3 is 29.0 Å². The average molecular weight is 682 g/mol. The van der Waals surface area contributed by atoms with Gasteiger partial charge >= 0.3 is 26.0 Å². The van der Waals surface area contributed by atoms with Crippen LogP contribution in [0.2, 0.25) is 0 Å². The summed E-state index contributed by atoms with van der Waals surface area (Å²) < 4.78 is 44.6. The largest absolute Gasteiger partial charge is 0.508 e. The van der Waals surface area contributed by atoms with Gasteiger partial charge in [0.2, 0.25) is 5.96 Å². The Balaban J connectivity index is 4.71. The van der Waals surface area contributed by atoms with E-state index in [9.17, 15) is 24.1 Å². The van der Waals surface area contributed by atoms with Gasteiger partial charge in [-0.1, -0.05) is 91.9 Å². The molecule has 0 rings (SSSR count). The molecule has 0 aromatic carbocycles. The van der Waals surface area contributed by atoms with E-state index < -0.39 is 38.0 Å². The number of carboxylic acids is 1. The molecule has 270 valence electrons. The minimum atomic E-state index is -4.18. The van der Waals surface area contributed by atoms with Crippen LogP contribution in [-0.2, 0) is 37.4 Å². The van der Waals surface area contributed by atoms with Gasteiger partial charge in [0.15, 0.2) is 0 Å². The van der Waals surface area contributed by atoms with Gasteiger partial charge in [-0.25, -0.2) is 18.9 Å². The lowest BCUT2D eigenvalue weighted by Crippen LogP contribution is -2.49. The zero-order valence-corrected chi connectivity index (χ0v) is 29.6. The van der Waals surface area contributed by atoms with Crippen molar-refractivity contribution in [1.29, 1.82) is 5.41 Å². The van der Waals surface area contributed by atoms with Crippen LogP contribution in [0, 0.1) is 11.3 Å². The topological polar surface area (TPSA) is 183 Å². The molecule has 0 heterocycles. The third-order valence-electron chi connectivity index (χ3n) is 6.87. The maximum Gasteiger partial charge on any atom is 0.508 e. The summed E-state index contributed by atoms with van der Waals surface area (Å²) >= 11 is 0. The number of hydrogen-bond donors (Lipinski definition) is 3. The van der Waals surface area contributed by atoms with Gasteiger partial charge in [0.25, 0.3) is 0 Å². The number of hydrogen-bond acceptors (Lipinski definition) is 11. The maximum atomic E-state index is 13.5. The third kappa shape index (κ3) is 22.9. The number of carbonyl (C=O) groups excluding carboxylic acids is 2. The predicted octanol–water partition coefficient (Wildman–Crippen LogP) is 7.50. The Hall–Kier alpha value is -2.57. The van der Waals surface area contributed by atoms with Crippen LogP contribution >= 0.6 is 7.75 Å². The first kappa shape index (κ1) is 43.4. The second-order valence-corrected chi connectivity index (χ2v) is 13.1. The van der Waals surface area contributed by atoms with Crippen molar-refractivity contribution in [2.24, 2.45) is 5.92 Å². The predicted molar refractivity (Wildman–Crippen MR) is 175 cm³/mol. The molecular weight excluding hydrogens is 621 g/mol. The van der Waals surface area contributed by atoms with Gasteiger partial charge in [-0.15, -0.1) is 0 Å². The van der Waals surface area contributed by atoms with Gasteiger partial charge in [-0.3, -0.25) is 19.5 Å². The molecule has 14 nitrogen and oxygen atoms in total. The fourth-order valence-corrected chi connectivity index (χ4v) is 5.66. The average Bonchev–Trinajstić information content (AvgIpc) is 2.99. The minimum Gasteiger partial charge on any atom is -0.480 e. The lowest BCUT2D eigenvalue weighted by atomic mass is 10.0. The van der Waals surface area contributed by atoms with Crippen molar-refractivity contribution in [2.75, 3.05) is 46.7 Å². The number of likely N-dealkylation sites (N-methyl/N-ethyl adjacent to an activating group) is 1. The van der Waals surface area contributed by atoms with Gasteiger partial charge in [-0.2, -0.15) is 0 Å². The molecule has 0 aliphatic carbocycles. The van der Waals surface area contributed by atoms with Crippen LogP contribution in [-0.4, -0.2) is 87.0 Å². The van der Waals surface area contributed by atoms with Crippen LogP contribution < -0.4 is 5.09 Å². The molecule has 0 aromatic rings. The fourth-order valence-electron chi connectivity index (χ4n) is 4.30. The molecule has 1 atom stereocenters. The van der Waals surface area contributed by atoms with Crippen LogP contribution in [0.15, 0.2) is 0 Å². The summed E-state index contributed by atoms with van der Waals surface area (Å²) in [5.74, 6) is -1.99. The summed E-state index contributed by atoms with van der Waals surface area (Å²) in [5, 5.41) is 20.3. The van der Waals surface area contributed by atoms with Crippen molar-refractivity contribution in [1.82, 2.24) is 9.99 Å². The van der Waals surface area contributed by atoms with Crippen molar-refractivity contribution < 1.29 is 52.1 Å². The highest BCUT2D eigenvalue weighted by Crippen LogP contribution is 2.44. The molecule has 0 spiro atoms. The van der Waals surface area contributed by atoms with Crippen LogP contribution in [0.4, 0.5) is 9.59 Å². The van der Waals surface area contributed by atoms with Crippen LogP contribution in [0.5, 0.6) is 0 Å². The highest BCUT2D eigenvalue weighted by molar-refractivity contribution is 7.52. The number of carboxylic acid groups (broad SMARTS) is 1. The van der Waals surface area contributed by atoms with Crippen molar-refractivity contribution in [3.63, 3.8) is 0 Å². The normalized spacial score (nSPS) is 12.0. The number of nitrogens with zero attached hydrogens (tertiary/aromatic N) is 1. The second-order valence-electron chi connectivity index (χ2n) is 11.4. The molecule has 3 N–H and O–H groups in total. The molecule has 0 bridgehead atoms. The van der Waals surface area contributed by atoms with Crippen LogP contribution in [0.3, 0.4) is 0 Å². The SMILES string of the molecule is CCCCCCCCOC(=O)OCCCOP(=O)(NC(=N)N(C)C(C(=O)O)C(C)C)OCCCOC(=O)OCCCCCCCC. The highest BCUT2D eigenvalue weighted by atomic mass is 31.2. The summed E-state index contributed by atoms with van der Waals surface area (Å²) in [6, 6.07) is -1.07. The van der Waals surface area contributed by atoms with Crippen molar-refractivity contribution >= 4 is 32.0 Å². The lowest BCUT2D eigenvalue weighted by molar-refractivity contribution is -0.142. The Bertz CT molecular complexity index is 848. The lowest BCUT2D eigenvalue weighted by Gasteiger charge is -2.31. The molecule has 15 heteroatoms. The highest BCUT2D eigenvalue weighted by Gasteiger charge is 2.33. The van der Waals surface area contributed by atoms with E-state index in [0.717, 1.165) is 43.4 Å². The molecule has 0 fully saturated rings. The van der Waals surface area contributed by atoms with Gasteiger partial charge in [-0.05, 0) is 18.8 Å². The molecule has 0 radical (unpaired) electrons. The zero-order chi connectivity index (χ0) is 34.6. The monoisotopic (exact) mass is 681 g/mol. The number of rotatable bonds is 28. The number of unbranched alkanes of at least 4 members (excludes halogenated alkanes) is 10. The number of ether oxygens (including phenoxy) is 4. The van der Waals surface area contributed by atoms with E-state index in [1.54, 1.807) is 13.8 Å². The van der Waals surface area contributed by atoms with Gasteiger partial charge in [0.05, 0.1) is 39.6 Å². The quantitative estimate of drug-likeness (QED) is 0.0243. The third-order valence-corrected chi connectivity index (χ3v) is 8.40. The Morgan fingerprint density at radius 2 is 1.04 bits per heavy atom. The molecule has 46 heavy (non-hydrogen) atoms.